The average molecular weight is 654 g/mol. The van der Waals surface area contributed by atoms with E-state index >= 15 is 4.39 Å². The first-order valence-electron chi connectivity index (χ1n) is 16.2. The second-order valence-corrected chi connectivity index (χ2v) is 13.4. The Balaban J connectivity index is 1.14. The third-order valence-electron chi connectivity index (χ3n) is 9.56. The number of ether oxygens (including phenoxy) is 2. The summed E-state index contributed by atoms with van der Waals surface area (Å²) in [7, 11) is 0. The topological polar surface area (TPSA) is 101 Å². The Kier molecular flexibility index (Phi) is 10.1. The minimum absolute atomic E-state index is 0.0645. The lowest BCUT2D eigenvalue weighted by Crippen LogP contribution is -2.51. The van der Waals surface area contributed by atoms with Crippen molar-refractivity contribution in [2.45, 2.75) is 82.8 Å². The van der Waals surface area contributed by atoms with E-state index in [1.165, 1.54) is 12.3 Å². The molecule has 1 aromatic heterocycles. The first-order chi connectivity index (χ1) is 22.2. The molecule has 3 aliphatic rings. The van der Waals surface area contributed by atoms with Crippen LogP contribution >= 0.6 is 11.6 Å². The standard InChI is InChI=1S/C35H41ClFN3O6/c1-21-15-39(16-22(2)46-21)25-13-26(19-44-27-9-7-23(18-41)8-10-27)40(17-25)34(42)12-24-11-30(36)32(14-31(24)37)38-35(43)29-20-45-33-6-4-3-5-28(29)33/h3-6,11,14,18,20-23,25-27H,7-10,12-13,15-17,19H2,1-2H3,(H,38,43)/t21-,22+,23?,25-,26-,27?/m0/s1. The van der Waals surface area contributed by atoms with Gasteiger partial charge in [-0.05, 0) is 69.7 Å². The maximum Gasteiger partial charge on any atom is 0.259 e. The Morgan fingerprint density at radius 3 is 2.57 bits per heavy atom. The van der Waals surface area contributed by atoms with Crippen molar-refractivity contribution in [3.05, 3.63) is 64.6 Å². The molecule has 0 spiro atoms. The van der Waals surface area contributed by atoms with E-state index in [0.717, 1.165) is 57.5 Å². The number of hydrogen-bond donors (Lipinski definition) is 1. The lowest BCUT2D eigenvalue weighted by Gasteiger charge is -2.38. The molecule has 2 saturated heterocycles. The zero-order chi connectivity index (χ0) is 32.4. The van der Waals surface area contributed by atoms with E-state index in [4.69, 9.17) is 25.5 Å². The number of furan rings is 1. The van der Waals surface area contributed by atoms with Crippen molar-refractivity contribution >= 4 is 46.4 Å². The third kappa shape index (κ3) is 7.30. The van der Waals surface area contributed by atoms with Crippen LogP contribution in [-0.2, 0) is 25.5 Å². The summed E-state index contributed by atoms with van der Waals surface area (Å²) in [6, 6.07) is 9.68. The van der Waals surface area contributed by atoms with Crippen LogP contribution in [0.4, 0.5) is 10.1 Å². The first kappa shape index (κ1) is 32.6. The van der Waals surface area contributed by atoms with Gasteiger partial charge in [-0.1, -0.05) is 29.8 Å². The van der Waals surface area contributed by atoms with Crippen LogP contribution < -0.4 is 5.32 Å². The summed E-state index contributed by atoms with van der Waals surface area (Å²) in [4.78, 5) is 42.2. The van der Waals surface area contributed by atoms with Gasteiger partial charge >= 0.3 is 0 Å². The Morgan fingerprint density at radius 1 is 1.09 bits per heavy atom. The van der Waals surface area contributed by atoms with Crippen LogP contribution in [0.2, 0.25) is 5.02 Å². The Labute approximate surface area is 273 Å². The van der Waals surface area contributed by atoms with Gasteiger partial charge < -0.3 is 28.9 Å². The number of fused-ring (bicyclic) bond motifs is 1. The van der Waals surface area contributed by atoms with E-state index in [1.807, 2.05) is 11.0 Å². The van der Waals surface area contributed by atoms with Gasteiger partial charge in [0.2, 0.25) is 5.91 Å². The van der Waals surface area contributed by atoms with E-state index in [1.54, 1.807) is 18.2 Å². The van der Waals surface area contributed by atoms with Gasteiger partial charge in [0.1, 0.15) is 23.9 Å². The Morgan fingerprint density at radius 2 is 1.83 bits per heavy atom. The smallest absolute Gasteiger partial charge is 0.259 e. The van der Waals surface area contributed by atoms with Crippen molar-refractivity contribution in [1.82, 2.24) is 9.80 Å². The zero-order valence-corrected chi connectivity index (χ0v) is 27.0. The third-order valence-corrected chi connectivity index (χ3v) is 9.88. The Hall–Kier alpha value is -3.31. The second kappa shape index (κ2) is 14.2. The van der Waals surface area contributed by atoms with E-state index in [0.29, 0.717) is 29.7 Å². The van der Waals surface area contributed by atoms with Crippen molar-refractivity contribution in [1.29, 1.82) is 0 Å². The van der Waals surface area contributed by atoms with Crippen LogP contribution in [0, 0.1) is 11.7 Å². The van der Waals surface area contributed by atoms with Crippen LogP contribution in [0.15, 0.2) is 47.1 Å². The van der Waals surface area contributed by atoms with Crippen molar-refractivity contribution in [2.75, 3.05) is 31.6 Å². The largest absolute Gasteiger partial charge is 0.463 e. The molecule has 6 rings (SSSR count). The van der Waals surface area contributed by atoms with Gasteiger partial charge in [0, 0.05) is 37.0 Å². The number of aldehydes is 1. The van der Waals surface area contributed by atoms with Crippen molar-refractivity contribution < 1.29 is 32.7 Å². The molecular formula is C35H41ClFN3O6. The number of carbonyl (C=O) groups excluding carboxylic acids is 3. The molecule has 11 heteroatoms. The van der Waals surface area contributed by atoms with Crippen molar-refractivity contribution in [3.63, 3.8) is 0 Å². The molecule has 3 heterocycles. The summed E-state index contributed by atoms with van der Waals surface area (Å²) >= 11 is 6.52. The number of anilines is 1. The summed E-state index contributed by atoms with van der Waals surface area (Å²) < 4.78 is 33.2. The average Bonchev–Trinajstić information content (AvgIpc) is 3.67. The highest BCUT2D eigenvalue weighted by Crippen LogP contribution is 2.32. The minimum atomic E-state index is -0.628. The number of para-hydroxylation sites is 1. The SMILES string of the molecule is C[C@@H]1CN([C@H]2C[C@@H](COC3CCC(C=O)CC3)N(C(=O)Cc3cc(Cl)c(NC(=O)c4coc5ccccc45)cc3F)C2)C[C@H](C)O1. The molecule has 9 nitrogen and oxygen atoms in total. The Bertz CT molecular complexity index is 1560. The summed E-state index contributed by atoms with van der Waals surface area (Å²) in [5, 5.41) is 3.44. The molecule has 3 aromatic rings. The molecule has 1 aliphatic carbocycles. The number of likely N-dealkylation sites (tertiary alicyclic amines) is 1. The van der Waals surface area contributed by atoms with Crippen LogP contribution in [0.25, 0.3) is 11.0 Å². The van der Waals surface area contributed by atoms with Crippen LogP contribution in [0.3, 0.4) is 0 Å². The monoisotopic (exact) mass is 653 g/mol. The van der Waals surface area contributed by atoms with E-state index < -0.39 is 11.7 Å². The summed E-state index contributed by atoms with van der Waals surface area (Å²) in [5.41, 5.74) is 1.14. The lowest BCUT2D eigenvalue weighted by atomic mass is 9.88. The summed E-state index contributed by atoms with van der Waals surface area (Å²) in [6.45, 7) is 6.61. The van der Waals surface area contributed by atoms with E-state index in [-0.39, 0.29) is 64.9 Å². The molecule has 246 valence electrons. The highest BCUT2D eigenvalue weighted by Gasteiger charge is 2.40. The van der Waals surface area contributed by atoms with Gasteiger partial charge in [-0.15, -0.1) is 0 Å². The molecule has 2 aliphatic heterocycles. The van der Waals surface area contributed by atoms with Gasteiger partial charge in [0.05, 0.1) is 53.7 Å². The fourth-order valence-electron chi connectivity index (χ4n) is 7.20. The number of nitrogens with one attached hydrogen (secondary N) is 1. The predicted molar refractivity (Wildman–Crippen MR) is 173 cm³/mol. The molecule has 2 aromatic carbocycles. The van der Waals surface area contributed by atoms with E-state index in [2.05, 4.69) is 24.1 Å². The van der Waals surface area contributed by atoms with Crippen molar-refractivity contribution in [2.24, 2.45) is 5.92 Å². The number of amides is 2. The predicted octanol–water partition coefficient (Wildman–Crippen LogP) is 5.87. The molecule has 0 bridgehead atoms. The molecule has 3 fully saturated rings. The number of benzene rings is 2. The molecular weight excluding hydrogens is 613 g/mol. The number of nitrogens with zero attached hydrogens (tertiary/aromatic N) is 2. The van der Waals surface area contributed by atoms with Gasteiger partial charge in [0.25, 0.3) is 5.91 Å². The molecule has 4 atom stereocenters. The molecule has 46 heavy (non-hydrogen) atoms. The van der Waals surface area contributed by atoms with Crippen molar-refractivity contribution in [3.8, 4) is 0 Å². The number of halogens is 2. The highest BCUT2D eigenvalue weighted by molar-refractivity contribution is 6.34. The summed E-state index contributed by atoms with van der Waals surface area (Å²) in [5.74, 6) is -1.21. The number of rotatable bonds is 9. The molecule has 2 amide bonds. The zero-order valence-electron chi connectivity index (χ0n) is 26.3. The fraction of sp³-hybridized carbons (Fsp3) is 0.514. The van der Waals surface area contributed by atoms with Crippen LogP contribution in [0.5, 0.6) is 0 Å². The normalized spacial score (nSPS) is 27.2. The van der Waals surface area contributed by atoms with Crippen LogP contribution in [-0.4, -0.2) is 84.5 Å². The second-order valence-electron chi connectivity index (χ2n) is 13.0. The summed E-state index contributed by atoms with van der Waals surface area (Å²) in [6.07, 6.45) is 6.54. The lowest BCUT2D eigenvalue weighted by molar-refractivity contribution is -0.133. The maximum absolute atomic E-state index is 15.5. The quantitative estimate of drug-likeness (QED) is 0.288. The highest BCUT2D eigenvalue weighted by atomic mass is 35.5. The van der Waals surface area contributed by atoms with Gasteiger partial charge in [-0.25, -0.2) is 4.39 Å². The molecule has 0 radical (unpaired) electrons. The minimum Gasteiger partial charge on any atom is -0.463 e. The molecule has 1 saturated carbocycles. The van der Waals surface area contributed by atoms with Gasteiger partial charge in [-0.3, -0.25) is 14.5 Å². The maximum atomic E-state index is 15.5. The van der Waals surface area contributed by atoms with Gasteiger partial charge in [-0.2, -0.15) is 0 Å². The fourth-order valence-corrected chi connectivity index (χ4v) is 7.43. The number of morpholine rings is 1. The molecule has 1 N–H and O–H groups in total. The molecule has 0 unspecified atom stereocenters. The first-order valence-corrected chi connectivity index (χ1v) is 16.6. The number of hydrogen-bond acceptors (Lipinski definition) is 7. The van der Waals surface area contributed by atoms with Gasteiger partial charge in [0.15, 0.2) is 0 Å². The van der Waals surface area contributed by atoms with Crippen LogP contribution in [0.1, 0.15) is 61.9 Å². The number of carbonyl (C=O) groups is 3. The van der Waals surface area contributed by atoms with E-state index in [9.17, 15) is 14.4 Å².